The lowest BCUT2D eigenvalue weighted by Gasteiger charge is -2.26. The van der Waals surface area contributed by atoms with Gasteiger partial charge in [0.15, 0.2) is 0 Å². The molecule has 3 rings (SSSR count). The van der Waals surface area contributed by atoms with Crippen molar-refractivity contribution in [3.05, 3.63) is 27.2 Å². The molecule has 0 atom stereocenters. The molecule has 1 saturated carbocycles. The number of hydrogen-bond acceptors (Lipinski definition) is 4. The van der Waals surface area contributed by atoms with Crippen molar-refractivity contribution < 1.29 is 4.79 Å². The van der Waals surface area contributed by atoms with Crippen molar-refractivity contribution in [1.82, 2.24) is 20.8 Å². The first-order valence-electron chi connectivity index (χ1n) is 9.33. The van der Waals surface area contributed by atoms with Crippen LogP contribution in [-0.2, 0) is 24.1 Å². The Morgan fingerprint density at radius 2 is 1.80 bits per heavy atom. The molecule has 0 radical (unpaired) electrons. The molecular formula is C18H29BrN4O2. The summed E-state index contributed by atoms with van der Waals surface area (Å²) in [7, 11) is 0. The van der Waals surface area contributed by atoms with Crippen LogP contribution in [0.5, 0.6) is 0 Å². The van der Waals surface area contributed by atoms with Gasteiger partial charge in [0.1, 0.15) is 0 Å². The number of carbonyl (C=O) groups is 1. The number of rotatable bonds is 8. The Morgan fingerprint density at radius 1 is 1.08 bits per heavy atom. The van der Waals surface area contributed by atoms with E-state index < -0.39 is 0 Å². The van der Waals surface area contributed by atoms with Crippen LogP contribution in [0.2, 0.25) is 0 Å². The maximum atomic E-state index is 12.1. The summed E-state index contributed by atoms with van der Waals surface area (Å²) in [5.41, 5.74) is 2.49. The van der Waals surface area contributed by atoms with Gasteiger partial charge in [-0.1, -0.05) is 6.42 Å². The second-order valence-electron chi connectivity index (χ2n) is 6.98. The first kappa shape index (κ1) is 20.1. The molecule has 3 N–H and O–H groups in total. The minimum absolute atomic E-state index is 0. The van der Waals surface area contributed by atoms with Gasteiger partial charge in [-0.2, -0.15) is 5.10 Å². The van der Waals surface area contributed by atoms with Gasteiger partial charge in [0.25, 0.3) is 5.56 Å². The number of nitrogens with zero attached hydrogens (tertiary/aromatic N) is 1. The van der Waals surface area contributed by atoms with E-state index in [-0.39, 0.29) is 34.9 Å². The van der Waals surface area contributed by atoms with E-state index in [2.05, 4.69) is 20.8 Å². The predicted molar refractivity (Wildman–Crippen MR) is 103 cm³/mol. The lowest BCUT2D eigenvalue weighted by molar-refractivity contribution is -0.120. The van der Waals surface area contributed by atoms with E-state index in [4.69, 9.17) is 0 Å². The Kier molecular flexibility index (Phi) is 8.09. The van der Waals surface area contributed by atoms with Gasteiger partial charge in [-0.05, 0) is 63.5 Å². The topological polar surface area (TPSA) is 86.9 Å². The Hall–Kier alpha value is -1.21. The van der Waals surface area contributed by atoms with Gasteiger partial charge >= 0.3 is 0 Å². The lowest BCUT2D eigenvalue weighted by atomic mass is 9.91. The number of aromatic nitrogens is 2. The number of nitrogens with one attached hydrogen (secondary N) is 3. The van der Waals surface area contributed by atoms with E-state index in [9.17, 15) is 9.59 Å². The van der Waals surface area contributed by atoms with Gasteiger partial charge in [-0.15, -0.1) is 17.0 Å². The number of H-pyrrole nitrogens is 1. The highest BCUT2D eigenvalue weighted by Crippen LogP contribution is 2.20. The molecule has 0 saturated heterocycles. The van der Waals surface area contributed by atoms with Crippen molar-refractivity contribution in [2.75, 3.05) is 13.1 Å². The zero-order valence-corrected chi connectivity index (χ0v) is 16.4. The fourth-order valence-electron chi connectivity index (χ4n) is 3.48. The lowest BCUT2D eigenvalue weighted by Crippen LogP contribution is -2.36. The van der Waals surface area contributed by atoms with Crippen molar-refractivity contribution in [3.63, 3.8) is 0 Å². The van der Waals surface area contributed by atoms with Crippen LogP contribution in [0, 0.1) is 0 Å². The van der Waals surface area contributed by atoms with Crippen molar-refractivity contribution in [2.24, 2.45) is 0 Å². The number of amides is 1. The Bertz CT molecular complexity index is 628. The summed E-state index contributed by atoms with van der Waals surface area (Å²) < 4.78 is 0. The number of halogens is 1. The smallest absolute Gasteiger partial charge is 0.267 e. The molecule has 6 nitrogen and oxygen atoms in total. The molecule has 7 heteroatoms. The van der Waals surface area contributed by atoms with Gasteiger partial charge in [-0.3, -0.25) is 9.59 Å². The average Bonchev–Trinajstić information content (AvgIpc) is 2.55. The second kappa shape index (κ2) is 10.1. The van der Waals surface area contributed by atoms with Crippen molar-refractivity contribution in [1.29, 1.82) is 0 Å². The summed E-state index contributed by atoms with van der Waals surface area (Å²) in [5, 5.41) is 13.2. The van der Waals surface area contributed by atoms with Crippen LogP contribution in [0.3, 0.4) is 0 Å². The summed E-state index contributed by atoms with van der Waals surface area (Å²) >= 11 is 0. The van der Waals surface area contributed by atoms with Gasteiger partial charge in [0, 0.05) is 18.2 Å². The summed E-state index contributed by atoms with van der Waals surface area (Å²) in [6.45, 7) is 1.74. The number of unbranched alkanes of at least 4 members (excludes halogenated alkanes) is 1. The van der Waals surface area contributed by atoms with E-state index in [1.54, 1.807) is 0 Å². The minimum Gasteiger partial charge on any atom is -0.356 e. The van der Waals surface area contributed by atoms with Crippen LogP contribution in [0.15, 0.2) is 4.79 Å². The molecule has 0 spiro atoms. The van der Waals surface area contributed by atoms with Crippen LogP contribution in [0.1, 0.15) is 61.8 Å². The standard InChI is InChI=1S/C18H28N4O2.BrH/c23-17(20-11-4-3-10-19-13-6-5-7-13)12-16-14-8-1-2-9-15(14)18(24)22-21-16;/h13,19H,1-12H2,(H,20,23)(H,22,24);1H. The fourth-order valence-corrected chi connectivity index (χ4v) is 3.48. The molecule has 0 bridgehead atoms. The molecule has 1 fully saturated rings. The molecule has 2 aliphatic rings. The maximum absolute atomic E-state index is 12.1. The van der Waals surface area contributed by atoms with Gasteiger partial charge in [0.05, 0.1) is 12.1 Å². The summed E-state index contributed by atoms with van der Waals surface area (Å²) in [6, 6.07) is 0.733. The SMILES string of the molecule is Br.O=C(Cc1n[nH]c(=O)c2c1CCCC2)NCCCCNC1CCC1. The van der Waals surface area contributed by atoms with Gasteiger partial charge in [0.2, 0.25) is 5.91 Å². The number of fused-ring (bicyclic) bond motifs is 1. The van der Waals surface area contributed by atoms with E-state index in [1.165, 1.54) is 19.3 Å². The van der Waals surface area contributed by atoms with Gasteiger partial charge in [-0.25, -0.2) is 5.10 Å². The zero-order valence-electron chi connectivity index (χ0n) is 14.7. The third-order valence-electron chi connectivity index (χ3n) is 5.17. The molecular weight excluding hydrogens is 384 g/mol. The maximum Gasteiger partial charge on any atom is 0.267 e. The monoisotopic (exact) mass is 412 g/mol. The number of hydrogen-bond donors (Lipinski definition) is 3. The van der Waals surface area contributed by atoms with E-state index in [0.29, 0.717) is 6.54 Å². The molecule has 0 aliphatic heterocycles. The second-order valence-corrected chi connectivity index (χ2v) is 6.98. The number of aromatic amines is 1. The quantitative estimate of drug-likeness (QED) is 0.568. The summed E-state index contributed by atoms with van der Waals surface area (Å²) in [4.78, 5) is 23.9. The summed E-state index contributed by atoms with van der Waals surface area (Å²) in [5.74, 6) is -0.00530. The molecule has 25 heavy (non-hydrogen) atoms. The van der Waals surface area contributed by atoms with E-state index in [0.717, 1.165) is 67.9 Å². The van der Waals surface area contributed by atoms with Crippen LogP contribution in [0.25, 0.3) is 0 Å². The molecule has 140 valence electrons. The van der Waals surface area contributed by atoms with Crippen molar-refractivity contribution >= 4 is 22.9 Å². The van der Waals surface area contributed by atoms with E-state index >= 15 is 0 Å². The Morgan fingerprint density at radius 3 is 2.52 bits per heavy atom. The third-order valence-corrected chi connectivity index (χ3v) is 5.17. The van der Waals surface area contributed by atoms with Gasteiger partial charge < -0.3 is 10.6 Å². The summed E-state index contributed by atoms with van der Waals surface area (Å²) in [6.07, 6.45) is 10.1. The predicted octanol–water partition coefficient (Wildman–Crippen LogP) is 1.81. The highest BCUT2D eigenvalue weighted by molar-refractivity contribution is 8.93. The molecule has 1 amide bonds. The highest BCUT2D eigenvalue weighted by atomic mass is 79.9. The molecule has 0 unspecified atom stereocenters. The Labute approximate surface area is 159 Å². The van der Waals surface area contributed by atoms with Crippen molar-refractivity contribution in [3.8, 4) is 0 Å². The minimum atomic E-state index is -0.0900. The van der Waals surface area contributed by atoms with Crippen molar-refractivity contribution in [2.45, 2.75) is 70.3 Å². The normalized spacial score (nSPS) is 16.5. The van der Waals surface area contributed by atoms with Crippen LogP contribution in [-0.4, -0.2) is 35.2 Å². The molecule has 1 aromatic rings. The largest absolute Gasteiger partial charge is 0.356 e. The molecule has 1 aromatic heterocycles. The Balaban J connectivity index is 0.00000225. The molecule has 1 heterocycles. The molecule has 2 aliphatic carbocycles. The first-order valence-corrected chi connectivity index (χ1v) is 9.33. The highest BCUT2D eigenvalue weighted by Gasteiger charge is 2.19. The van der Waals surface area contributed by atoms with Crippen LogP contribution >= 0.6 is 17.0 Å². The van der Waals surface area contributed by atoms with E-state index in [1.807, 2.05) is 0 Å². The zero-order chi connectivity index (χ0) is 16.8. The first-order chi connectivity index (χ1) is 11.7. The van der Waals surface area contributed by atoms with Crippen LogP contribution < -0.4 is 16.2 Å². The third kappa shape index (κ3) is 5.64. The fraction of sp³-hybridized carbons (Fsp3) is 0.722. The average molecular weight is 413 g/mol. The number of carbonyl (C=O) groups excluding carboxylic acids is 1. The molecule has 0 aromatic carbocycles. The van der Waals surface area contributed by atoms with Crippen LogP contribution in [0.4, 0.5) is 0 Å².